The van der Waals surface area contributed by atoms with Crippen molar-refractivity contribution in [3.63, 3.8) is 0 Å². The fourth-order valence-electron chi connectivity index (χ4n) is 1.88. The van der Waals surface area contributed by atoms with E-state index in [1.807, 2.05) is 25.2 Å². The Morgan fingerprint density at radius 1 is 1.00 bits per heavy atom. The fraction of sp³-hybridized carbons (Fsp3) is 0.250. The molecule has 1 heterocycles. The molecule has 0 fully saturated rings. The van der Waals surface area contributed by atoms with E-state index in [0.717, 1.165) is 13.0 Å². The zero-order chi connectivity index (χ0) is 16.5. The lowest BCUT2D eigenvalue weighted by atomic mass is 10.3. The monoisotopic (exact) mass is 368 g/mol. The Bertz CT molecular complexity index is 649. The molecular formula is C16H21ClN4O2S. The van der Waals surface area contributed by atoms with Crippen LogP contribution in [0.15, 0.2) is 42.5 Å². The van der Waals surface area contributed by atoms with Gasteiger partial charge >= 0.3 is 6.03 Å². The molecule has 8 heteroatoms. The van der Waals surface area contributed by atoms with Gasteiger partial charge in [-0.15, -0.1) is 23.7 Å². The number of carbonyl (C=O) groups is 2. The van der Waals surface area contributed by atoms with Crippen molar-refractivity contribution in [2.45, 2.75) is 6.42 Å². The summed E-state index contributed by atoms with van der Waals surface area (Å²) in [5.74, 6) is -0.123. The maximum Gasteiger partial charge on any atom is 0.324 e. The minimum atomic E-state index is -0.334. The minimum absolute atomic E-state index is 0. The number of para-hydroxylation sites is 1. The summed E-state index contributed by atoms with van der Waals surface area (Å²) in [6.45, 7) is 1.48. The summed E-state index contributed by atoms with van der Waals surface area (Å²) in [5, 5.41) is 11.9. The first-order valence-corrected chi connectivity index (χ1v) is 8.16. The van der Waals surface area contributed by atoms with Crippen molar-refractivity contribution in [1.29, 1.82) is 0 Å². The second-order valence-corrected chi connectivity index (χ2v) is 5.91. The maximum atomic E-state index is 11.9. The van der Waals surface area contributed by atoms with E-state index in [-0.39, 0.29) is 24.3 Å². The molecule has 6 nitrogen and oxygen atoms in total. The lowest BCUT2D eigenvalue weighted by molar-refractivity contribution is 0.0957. The zero-order valence-corrected chi connectivity index (χ0v) is 14.9. The molecule has 0 saturated carbocycles. The topological polar surface area (TPSA) is 82.3 Å². The van der Waals surface area contributed by atoms with Gasteiger partial charge in [0.2, 0.25) is 0 Å². The zero-order valence-electron chi connectivity index (χ0n) is 13.3. The highest BCUT2D eigenvalue weighted by atomic mass is 35.5. The second-order valence-electron chi connectivity index (χ2n) is 4.82. The fourth-order valence-corrected chi connectivity index (χ4v) is 2.69. The molecule has 3 amide bonds. The third-order valence-corrected chi connectivity index (χ3v) is 3.99. The van der Waals surface area contributed by atoms with E-state index < -0.39 is 0 Å². The molecule has 0 saturated heterocycles. The third-order valence-electron chi connectivity index (χ3n) is 2.99. The van der Waals surface area contributed by atoms with Gasteiger partial charge in [-0.05, 0) is 44.3 Å². The number of amides is 3. The van der Waals surface area contributed by atoms with Crippen LogP contribution in [0, 0.1) is 0 Å². The summed E-state index contributed by atoms with van der Waals surface area (Å²) in [7, 11) is 1.87. The van der Waals surface area contributed by atoms with Crippen LogP contribution in [0.25, 0.3) is 0 Å². The lowest BCUT2D eigenvalue weighted by Crippen LogP contribution is -2.25. The van der Waals surface area contributed by atoms with Crippen molar-refractivity contribution in [3.05, 3.63) is 47.3 Å². The predicted octanol–water partition coefficient (Wildman–Crippen LogP) is 3.15. The number of halogens is 1. The van der Waals surface area contributed by atoms with Crippen LogP contribution in [0.4, 0.5) is 15.5 Å². The number of anilines is 2. The molecule has 0 aliphatic carbocycles. The molecule has 2 aromatic rings. The van der Waals surface area contributed by atoms with Crippen molar-refractivity contribution < 1.29 is 9.59 Å². The highest BCUT2D eigenvalue weighted by molar-refractivity contribution is 7.18. The Labute approximate surface area is 151 Å². The van der Waals surface area contributed by atoms with Gasteiger partial charge in [0, 0.05) is 12.2 Å². The molecule has 1 aromatic carbocycles. The molecule has 0 aliphatic heterocycles. The highest BCUT2D eigenvalue weighted by Gasteiger charge is 2.10. The standard InChI is InChI=1S/C16H20N4O2S.ClH/c1-17-10-5-11-18-15(21)13-8-9-14(23-13)20-16(22)19-12-6-3-2-4-7-12;/h2-4,6-9,17H,5,10-11H2,1H3,(H,18,21)(H2,19,20,22);1H. The van der Waals surface area contributed by atoms with Crippen molar-refractivity contribution in [2.75, 3.05) is 30.8 Å². The molecule has 130 valence electrons. The van der Waals surface area contributed by atoms with Crippen molar-refractivity contribution in [3.8, 4) is 0 Å². The van der Waals surface area contributed by atoms with Gasteiger partial charge in [-0.3, -0.25) is 10.1 Å². The van der Waals surface area contributed by atoms with E-state index in [9.17, 15) is 9.59 Å². The number of nitrogens with one attached hydrogen (secondary N) is 4. The molecule has 0 unspecified atom stereocenters. The normalized spacial score (nSPS) is 9.71. The Morgan fingerprint density at radius 2 is 1.75 bits per heavy atom. The van der Waals surface area contributed by atoms with Gasteiger partial charge in [-0.1, -0.05) is 18.2 Å². The first-order valence-electron chi connectivity index (χ1n) is 7.34. The number of hydrogen-bond acceptors (Lipinski definition) is 4. The number of thiophene rings is 1. The molecule has 0 spiro atoms. The molecule has 0 bridgehead atoms. The van der Waals surface area contributed by atoms with Crippen molar-refractivity contribution in [2.24, 2.45) is 0 Å². The van der Waals surface area contributed by atoms with Crippen molar-refractivity contribution in [1.82, 2.24) is 10.6 Å². The van der Waals surface area contributed by atoms with Gasteiger partial charge in [0.15, 0.2) is 0 Å². The van der Waals surface area contributed by atoms with Crippen LogP contribution in [-0.2, 0) is 0 Å². The Balaban J connectivity index is 0.00000288. The largest absolute Gasteiger partial charge is 0.351 e. The number of benzene rings is 1. The maximum absolute atomic E-state index is 11.9. The molecule has 1 aromatic heterocycles. The molecule has 4 N–H and O–H groups in total. The summed E-state index contributed by atoms with van der Waals surface area (Å²) >= 11 is 1.24. The van der Waals surface area contributed by atoms with Crippen LogP contribution < -0.4 is 21.3 Å². The van der Waals surface area contributed by atoms with E-state index in [2.05, 4.69) is 21.3 Å². The van der Waals surface area contributed by atoms with Gasteiger partial charge in [-0.25, -0.2) is 4.79 Å². The van der Waals surface area contributed by atoms with E-state index in [4.69, 9.17) is 0 Å². The smallest absolute Gasteiger partial charge is 0.324 e. The molecule has 2 rings (SSSR count). The predicted molar refractivity (Wildman–Crippen MR) is 102 cm³/mol. The van der Waals surface area contributed by atoms with Crippen LogP contribution in [0.3, 0.4) is 0 Å². The van der Waals surface area contributed by atoms with E-state index in [1.165, 1.54) is 11.3 Å². The van der Waals surface area contributed by atoms with Crippen LogP contribution >= 0.6 is 23.7 Å². The number of rotatable bonds is 7. The third kappa shape index (κ3) is 6.57. The summed E-state index contributed by atoms with van der Waals surface area (Å²) in [6, 6.07) is 12.3. The van der Waals surface area contributed by atoms with E-state index >= 15 is 0 Å². The van der Waals surface area contributed by atoms with E-state index in [1.54, 1.807) is 24.3 Å². The SMILES string of the molecule is CNCCCNC(=O)c1ccc(NC(=O)Nc2ccccc2)s1.Cl. The summed E-state index contributed by atoms with van der Waals surface area (Å²) in [6.07, 6.45) is 0.873. The van der Waals surface area contributed by atoms with Gasteiger partial charge in [0.05, 0.1) is 9.88 Å². The summed E-state index contributed by atoms with van der Waals surface area (Å²) < 4.78 is 0. The molecule has 0 radical (unpaired) electrons. The average Bonchev–Trinajstić information content (AvgIpc) is 3.00. The number of urea groups is 1. The first kappa shape index (κ1) is 20.0. The summed E-state index contributed by atoms with van der Waals surface area (Å²) in [4.78, 5) is 24.4. The minimum Gasteiger partial charge on any atom is -0.351 e. The van der Waals surface area contributed by atoms with Crippen LogP contribution in [0.2, 0.25) is 0 Å². The quantitative estimate of drug-likeness (QED) is 0.566. The molecule has 24 heavy (non-hydrogen) atoms. The van der Waals surface area contributed by atoms with Gasteiger partial charge < -0.3 is 16.0 Å². The number of carbonyl (C=O) groups excluding carboxylic acids is 2. The molecule has 0 atom stereocenters. The van der Waals surface area contributed by atoms with E-state index in [0.29, 0.717) is 22.1 Å². The van der Waals surface area contributed by atoms with Crippen molar-refractivity contribution >= 4 is 46.4 Å². The molecule has 0 aliphatic rings. The van der Waals surface area contributed by atoms with Gasteiger partial charge in [0.1, 0.15) is 0 Å². The Hall–Kier alpha value is -2.09. The van der Waals surface area contributed by atoms with Crippen LogP contribution in [0.5, 0.6) is 0 Å². The van der Waals surface area contributed by atoms with Crippen LogP contribution in [-0.4, -0.2) is 32.1 Å². The first-order chi connectivity index (χ1) is 11.2. The second kappa shape index (κ2) is 10.6. The Morgan fingerprint density at radius 3 is 2.46 bits per heavy atom. The van der Waals surface area contributed by atoms with Gasteiger partial charge in [0.25, 0.3) is 5.91 Å². The summed E-state index contributed by atoms with van der Waals surface area (Å²) in [5.41, 5.74) is 0.712. The Kier molecular flexibility index (Phi) is 8.85. The van der Waals surface area contributed by atoms with Gasteiger partial charge in [-0.2, -0.15) is 0 Å². The average molecular weight is 369 g/mol. The van der Waals surface area contributed by atoms with Crippen LogP contribution in [0.1, 0.15) is 16.1 Å². The number of hydrogen-bond donors (Lipinski definition) is 4. The highest BCUT2D eigenvalue weighted by Crippen LogP contribution is 2.22. The molecular weight excluding hydrogens is 348 g/mol. The lowest BCUT2D eigenvalue weighted by Gasteiger charge is -2.05.